The Kier molecular flexibility index (Phi) is 6.10. The fourth-order valence-electron chi connectivity index (χ4n) is 3.71. The summed E-state index contributed by atoms with van der Waals surface area (Å²) in [5.74, 6) is -1.63. The molecular formula is C23H26N2O5. The third-order valence-electron chi connectivity index (χ3n) is 5.13. The van der Waals surface area contributed by atoms with Gasteiger partial charge in [0.15, 0.2) is 0 Å². The Morgan fingerprint density at radius 3 is 2.10 bits per heavy atom. The first kappa shape index (κ1) is 21.4. The van der Waals surface area contributed by atoms with Gasteiger partial charge >= 0.3 is 12.1 Å². The average molecular weight is 410 g/mol. The van der Waals surface area contributed by atoms with Crippen molar-refractivity contribution in [3.63, 3.8) is 0 Å². The number of hydrogen-bond acceptors (Lipinski definition) is 4. The van der Waals surface area contributed by atoms with Crippen molar-refractivity contribution in [3.8, 4) is 11.1 Å². The normalized spacial score (nSPS) is 13.7. The molecule has 2 aromatic rings. The minimum Gasteiger partial charge on any atom is -0.480 e. The molecule has 1 aliphatic carbocycles. The summed E-state index contributed by atoms with van der Waals surface area (Å²) in [6.07, 6.45) is -0.699. The van der Waals surface area contributed by atoms with Gasteiger partial charge in [-0.05, 0) is 43.0 Å². The van der Waals surface area contributed by atoms with Crippen LogP contribution < -0.4 is 10.6 Å². The maximum Gasteiger partial charge on any atom is 0.407 e. The smallest absolute Gasteiger partial charge is 0.407 e. The van der Waals surface area contributed by atoms with E-state index in [4.69, 9.17) is 9.84 Å². The van der Waals surface area contributed by atoms with Crippen LogP contribution in [0.3, 0.4) is 0 Å². The predicted molar refractivity (Wildman–Crippen MR) is 112 cm³/mol. The molecule has 3 N–H and O–H groups in total. The highest BCUT2D eigenvalue weighted by Crippen LogP contribution is 2.44. The SMILES string of the molecule is C[C@@H](NC(=O)CC(C)(C)NC(=O)OCC1c2ccccc2-c2ccccc21)C(=O)O. The van der Waals surface area contributed by atoms with Crippen molar-refractivity contribution in [2.45, 2.75) is 44.7 Å². The lowest BCUT2D eigenvalue weighted by atomic mass is 9.98. The average Bonchev–Trinajstić information content (AvgIpc) is 2.99. The molecule has 0 heterocycles. The molecule has 0 bridgehead atoms. The molecule has 3 rings (SSSR count). The van der Waals surface area contributed by atoms with Crippen molar-refractivity contribution in [2.24, 2.45) is 0 Å². The number of rotatable bonds is 7. The molecule has 0 saturated carbocycles. The van der Waals surface area contributed by atoms with Gasteiger partial charge in [-0.15, -0.1) is 0 Å². The van der Waals surface area contributed by atoms with Crippen LogP contribution >= 0.6 is 0 Å². The Hall–Kier alpha value is -3.35. The molecule has 7 heteroatoms. The van der Waals surface area contributed by atoms with Crippen LogP contribution in [0.15, 0.2) is 48.5 Å². The zero-order valence-electron chi connectivity index (χ0n) is 17.3. The van der Waals surface area contributed by atoms with Crippen LogP contribution in [0.25, 0.3) is 11.1 Å². The van der Waals surface area contributed by atoms with E-state index in [2.05, 4.69) is 22.8 Å². The van der Waals surface area contributed by atoms with Crippen LogP contribution in [0.4, 0.5) is 4.79 Å². The van der Waals surface area contributed by atoms with Crippen LogP contribution in [-0.2, 0) is 14.3 Å². The first-order chi connectivity index (χ1) is 14.2. The largest absolute Gasteiger partial charge is 0.480 e. The standard InChI is InChI=1S/C23H26N2O5/c1-14(21(27)28)24-20(26)12-23(2,3)25-22(29)30-13-19-17-10-6-4-8-15(17)16-9-5-7-11-18(16)19/h4-11,14,19H,12-13H2,1-3H3,(H,24,26)(H,25,29)(H,27,28)/t14-/m1/s1. The van der Waals surface area contributed by atoms with Crippen LogP contribution in [0.5, 0.6) is 0 Å². The highest BCUT2D eigenvalue weighted by atomic mass is 16.5. The van der Waals surface area contributed by atoms with E-state index in [0.29, 0.717) is 0 Å². The van der Waals surface area contributed by atoms with Gasteiger partial charge in [0.2, 0.25) is 5.91 Å². The van der Waals surface area contributed by atoms with E-state index in [0.717, 1.165) is 22.3 Å². The quantitative estimate of drug-likeness (QED) is 0.650. The minimum absolute atomic E-state index is 0.0500. The molecule has 0 fully saturated rings. The number of ether oxygens (including phenoxy) is 1. The summed E-state index contributed by atoms with van der Waals surface area (Å²) in [4.78, 5) is 35.3. The van der Waals surface area contributed by atoms with Crippen molar-refractivity contribution in [2.75, 3.05) is 6.61 Å². The van der Waals surface area contributed by atoms with E-state index in [1.165, 1.54) is 6.92 Å². The summed E-state index contributed by atoms with van der Waals surface area (Å²) < 4.78 is 5.50. The molecule has 2 amide bonds. The van der Waals surface area contributed by atoms with E-state index in [9.17, 15) is 14.4 Å². The number of alkyl carbamates (subject to hydrolysis) is 1. The fraction of sp³-hybridized carbons (Fsp3) is 0.348. The number of nitrogens with one attached hydrogen (secondary N) is 2. The van der Waals surface area contributed by atoms with Crippen molar-refractivity contribution < 1.29 is 24.2 Å². The summed E-state index contributed by atoms with van der Waals surface area (Å²) in [5.41, 5.74) is 3.63. The van der Waals surface area contributed by atoms with Crippen LogP contribution in [0.1, 0.15) is 44.2 Å². The lowest BCUT2D eigenvalue weighted by Gasteiger charge is -2.26. The molecule has 0 radical (unpaired) electrons. The highest BCUT2D eigenvalue weighted by molar-refractivity contribution is 5.84. The number of aliphatic carboxylic acids is 1. The number of carbonyl (C=O) groups is 3. The third kappa shape index (κ3) is 4.79. The molecule has 0 aliphatic heterocycles. The van der Waals surface area contributed by atoms with Crippen LogP contribution in [0.2, 0.25) is 0 Å². The first-order valence-corrected chi connectivity index (χ1v) is 9.83. The Bertz CT molecular complexity index is 924. The number of carboxylic acids is 1. The molecular weight excluding hydrogens is 384 g/mol. The summed E-state index contributed by atoms with van der Waals surface area (Å²) in [6.45, 7) is 4.92. The van der Waals surface area contributed by atoms with Crippen molar-refractivity contribution in [3.05, 3.63) is 59.7 Å². The van der Waals surface area contributed by atoms with Gasteiger partial charge in [-0.3, -0.25) is 9.59 Å². The van der Waals surface area contributed by atoms with Crippen LogP contribution in [0, 0.1) is 0 Å². The summed E-state index contributed by atoms with van der Waals surface area (Å²) >= 11 is 0. The van der Waals surface area contributed by atoms with E-state index in [-0.39, 0.29) is 18.9 Å². The first-order valence-electron chi connectivity index (χ1n) is 9.83. The van der Waals surface area contributed by atoms with Crippen molar-refractivity contribution in [1.29, 1.82) is 0 Å². The second kappa shape index (κ2) is 8.57. The topological polar surface area (TPSA) is 105 Å². The summed E-state index contributed by atoms with van der Waals surface area (Å²) in [6, 6.07) is 15.1. The molecule has 1 aliphatic rings. The monoisotopic (exact) mass is 410 g/mol. The van der Waals surface area contributed by atoms with E-state index >= 15 is 0 Å². The fourth-order valence-corrected chi connectivity index (χ4v) is 3.71. The van der Waals surface area contributed by atoms with Gasteiger partial charge in [0, 0.05) is 17.9 Å². The molecule has 0 unspecified atom stereocenters. The van der Waals surface area contributed by atoms with Crippen LogP contribution in [-0.4, -0.2) is 41.3 Å². The second-order valence-electron chi connectivity index (χ2n) is 8.14. The second-order valence-corrected chi connectivity index (χ2v) is 8.14. The van der Waals surface area contributed by atoms with Gasteiger partial charge < -0.3 is 20.5 Å². The molecule has 0 spiro atoms. The molecule has 158 valence electrons. The summed E-state index contributed by atoms with van der Waals surface area (Å²) in [5, 5.41) is 14.0. The number of fused-ring (bicyclic) bond motifs is 3. The maximum absolute atomic E-state index is 12.4. The van der Waals surface area contributed by atoms with Crippen molar-refractivity contribution >= 4 is 18.0 Å². The van der Waals surface area contributed by atoms with E-state index in [1.54, 1.807) is 13.8 Å². The number of carbonyl (C=O) groups excluding carboxylic acids is 2. The lowest BCUT2D eigenvalue weighted by molar-refractivity contribution is -0.141. The van der Waals surface area contributed by atoms with Gasteiger partial charge in [-0.25, -0.2) is 4.79 Å². The van der Waals surface area contributed by atoms with Crippen molar-refractivity contribution in [1.82, 2.24) is 10.6 Å². The Balaban J connectivity index is 1.59. The van der Waals surface area contributed by atoms with Gasteiger partial charge in [-0.1, -0.05) is 48.5 Å². The Morgan fingerprint density at radius 1 is 1.03 bits per heavy atom. The number of hydrogen-bond donors (Lipinski definition) is 3. The number of amides is 2. The predicted octanol–water partition coefficient (Wildman–Crippen LogP) is 3.28. The molecule has 30 heavy (non-hydrogen) atoms. The number of benzene rings is 2. The highest BCUT2D eigenvalue weighted by Gasteiger charge is 2.30. The van der Waals surface area contributed by atoms with Gasteiger partial charge in [-0.2, -0.15) is 0 Å². The molecule has 1 atom stereocenters. The molecule has 2 aromatic carbocycles. The Labute approximate surface area is 175 Å². The number of carboxylic acid groups (broad SMARTS) is 1. The lowest BCUT2D eigenvalue weighted by Crippen LogP contribution is -2.49. The molecule has 0 aromatic heterocycles. The van der Waals surface area contributed by atoms with E-state index in [1.807, 2.05) is 36.4 Å². The molecule has 7 nitrogen and oxygen atoms in total. The third-order valence-corrected chi connectivity index (χ3v) is 5.13. The van der Waals surface area contributed by atoms with E-state index < -0.39 is 29.6 Å². The van der Waals surface area contributed by atoms with Gasteiger partial charge in [0.25, 0.3) is 0 Å². The van der Waals surface area contributed by atoms with Gasteiger partial charge in [0.05, 0.1) is 0 Å². The minimum atomic E-state index is -1.12. The molecule has 0 saturated heterocycles. The Morgan fingerprint density at radius 2 is 1.57 bits per heavy atom. The zero-order valence-corrected chi connectivity index (χ0v) is 17.3. The van der Waals surface area contributed by atoms with Gasteiger partial charge in [0.1, 0.15) is 12.6 Å². The maximum atomic E-state index is 12.4. The zero-order chi connectivity index (χ0) is 21.9. The summed E-state index contributed by atoms with van der Waals surface area (Å²) in [7, 11) is 0.